The van der Waals surface area contributed by atoms with Crippen LogP contribution in [0, 0.1) is 0 Å². The quantitative estimate of drug-likeness (QED) is 0.328. The molecule has 9 nitrogen and oxygen atoms in total. The molecule has 0 saturated carbocycles. The summed E-state index contributed by atoms with van der Waals surface area (Å²) in [4.78, 5) is 31.1. The first-order valence-electron chi connectivity index (χ1n) is 10.5. The lowest BCUT2D eigenvalue weighted by molar-refractivity contribution is -0.118. The summed E-state index contributed by atoms with van der Waals surface area (Å²) >= 11 is 0. The van der Waals surface area contributed by atoms with E-state index in [1.165, 1.54) is 0 Å². The van der Waals surface area contributed by atoms with Crippen molar-refractivity contribution in [3.63, 3.8) is 0 Å². The van der Waals surface area contributed by atoms with Crippen molar-refractivity contribution in [3.8, 4) is 11.6 Å². The molecular formula is C22H31N3O6. The molecule has 0 aliphatic carbocycles. The first kappa shape index (κ1) is 24.5. The van der Waals surface area contributed by atoms with E-state index in [4.69, 9.17) is 9.47 Å². The van der Waals surface area contributed by atoms with Crippen molar-refractivity contribution >= 4 is 6.21 Å². The number of ether oxygens (including phenoxy) is 2. The number of para-hydroxylation sites is 1. The average Bonchev–Trinajstić information content (AvgIpc) is 2.76. The lowest BCUT2D eigenvalue weighted by atomic mass is 10.2. The summed E-state index contributed by atoms with van der Waals surface area (Å²) in [6.07, 6.45) is 4.57. The van der Waals surface area contributed by atoms with Gasteiger partial charge in [0.1, 0.15) is 5.56 Å². The van der Waals surface area contributed by atoms with Crippen LogP contribution in [-0.4, -0.2) is 58.1 Å². The Hall–Kier alpha value is -2.75. The minimum absolute atomic E-state index is 0.0132. The smallest absolute Gasteiger partial charge is 0.335 e. The van der Waals surface area contributed by atoms with E-state index in [-0.39, 0.29) is 12.2 Å². The molecule has 9 heteroatoms. The molecule has 170 valence electrons. The Morgan fingerprint density at radius 2 is 1.81 bits per heavy atom. The van der Waals surface area contributed by atoms with Crippen LogP contribution in [0.3, 0.4) is 0 Å². The van der Waals surface area contributed by atoms with Gasteiger partial charge in [-0.25, -0.2) is 9.36 Å². The maximum atomic E-state index is 12.4. The number of rotatable bonds is 13. The van der Waals surface area contributed by atoms with Crippen LogP contribution < -0.4 is 11.2 Å². The van der Waals surface area contributed by atoms with Gasteiger partial charge in [-0.1, -0.05) is 44.9 Å². The van der Waals surface area contributed by atoms with Gasteiger partial charge in [0.25, 0.3) is 5.56 Å². The molecule has 0 radical (unpaired) electrons. The molecular weight excluding hydrogens is 402 g/mol. The molecule has 0 fully saturated rings. The highest BCUT2D eigenvalue weighted by atomic mass is 16.6. The van der Waals surface area contributed by atoms with Crippen LogP contribution in [0.1, 0.15) is 45.1 Å². The number of aromatic hydroxyl groups is 1. The first-order chi connectivity index (χ1) is 15.0. The van der Waals surface area contributed by atoms with Crippen molar-refractivity contribution in [3.05, 3.63) is 56.7 Å². The van der Waals surface area contributed by atoms with Gasteiger partial charge in [-0.15, -0.1) is 0 Å². The highest BCUT2D eigenvalue weighted by Gasteiger charge is 2.30. The minimum Gasteiger partial charge on any atom is -0.493 e. The van der Waals surface area contributed by atoms with E-state index in [1.807, 2.05) is 13.8 Å². The van der Waals surface area contributed by atoms with Gasteiger partial charge >= 0.3 is 5.69 Å². The van der Waals surface area contributed by atoms with Gasteiger partial charge in [0, 0.05) is 19.4 Å². The summed E-state index contributed by atoms with van der Waals surface area (Å²) in [5.74, 6) is -0.559. The summed E-state index contributed by atoms with van der Waals surface area (Å²) in [6.45, 7) is 4.38. The summed E-state index contributed by atoms with van der Waals surface area (Å²) in [5.41, 5.74) is -2.84. The third kappa shape index (κ3) is 6.61. The maximum Gasteiger partial charge on any atom is 0.335 e. The molecule has 3 N–H and O–H groups in total. The Bertz CT molecular complexity index is 954. The fourth-order valence-corrected chi connectivity index (χ4v) is 2.79. The second kappa shape index (κ2) is 12.2. The molecule has 0 bridgehead atoms. The number of aromatic nitrogens is 2. The van der Waals surface area contributed by atoms with Crippen molar-refractivity contribution in [2.45, 2.75) is 45.3 Å². The summed E-state index contributed by atoms with van der Waals surface area (Å²) in [6, 6.07) is 8.40. The summed E-state index contributed by atoms with van der Waals surface area (Å²) in [7, 11) is 0. The Balaban J connectivity index is 2.41. The van der Waals surface area contributed by atoms with Crippen molar-refractivity contribution in [1.29, 1.82) is 0 Å². The van der Waals surface area contributed by atoms with Crippen LogP contribution in [0.2, 0.25) is 0 Å². The number of nitrogens with one attached hydrogen (secondary N) is 1. The molecule has 1 atom stereocenters. The Morgan fingerprint density at radius 1 is 1.13 bits per heavy atom. The summed E-state index contributed by atoms with van der Waals surface area (Å²) in [5, 5.41) is 20.7. The third-order valence-electron chi connectivity index (χ3n) is 4.65. The van der Waals surface area contributed by atoms with Crippen molar-refractivity contribution in [2.24, 2.45) is 4.99 Å². The number of aliphatic imine (C=N–C) groups is 1. The minimum atomic E-state index is -1.42. The predicted molar refractivity (Wildman–Crippen MR) is 118 cm³/mol. The number of aliphatic hydroxyl groups is 1. The Morgan fingerprint density at radius 3 is 2.45 bits per heavy atom. The van der Waals surface area contributed by atoms with Crippen LogP contribution in [0.4, 0.5) is 0 Å². The van der Waals surface area contributed by atoms with Crippen molar-refractivity contribution in [2.75, 3.05) is 26.4 Å². The molecule has 0 aliphatic heterocycles. The normalized spacial score (nSPS) is 13.5. The molecule has 2 rings (SSSR count). The number of hydrogen-bond acceptors (Lipinski definition) is 7. The lowest BCUT2D eigenvalue weighted by Crippen LogP contribution is -2.41. The van der Waals surface area contributed by atoms with Gasteiger partial charge in [-0.2, -0.15) is 0 Å². The zero-order valence-corrected chi connectivity index (χ0v) is 18.0. The summed E-state index contributed by atoms with van der Waals surface area (Å²) < 4.78 is 12.4. The first-order valence-corrected chi connectivity index (χ1v) is 10.5. The monoisotopic (exact) mass is 433 g/mol. The third-order valence-corrected chi connectivity index (χ3v) is 4.65. The number of hydrogen-bond donors (Lipinski definition) is 3. The molecule has 2 aromatic rings. The molecule has 0 spiro atoms. The average molecular weight is 434 g/mol. The number of unbranched alkanes of at least 4 members (excludes halogenated alkanes) is 2. The van der Waals surface area contributed by atoms with E-state index in [0.717, 1.165) is 36.5 Å². The van der Waals surface area contributed by atoms with Gasteiger partial charge in [0.2, 0.25) is 11.6 Å². The van der Waals surface area contributed by atoms with E-state index in [0.29, 0.717) is 18.9 Å². The van der Waals surface area contributed by atoms with E-state index in [9.17, 15) is 19.8 Å². The van der Waals surface area contributed by atoms with Crippen molar-refractivity contribution in [1.82, 2.24) is 9.55 Å². The van der Waals surface area contributed by atoms with Crippen LogP contribution in [0.25, 0.3) is 5.69 Å². The van der Waals surface area contributed by atoms with Gasteiger partial charge in [0.15, 0.2) is 0 Å². The van der Waals surface area contributed by atoms with Gasteiger partial charge in [-0.05, 0) is 25.0 Å². The van der Waals surface area contributed by atoms with Crippen LogP contribution >= 0.6 is 0 Å². The van der Waals surface area contributed by atoms with E-state index in [1.54, 1.807) is 30.3 Å². The number of benzene rings is 1. The molecule has 0 amide bonds. The molecule has 1 aromatic carbocycles. The highest BCUT2D eigenvalue weighted by molar-refractivity contribution is 5.82. The Labute approximate surface area is 181 Å². The Kier molecular flexibility index (Phi) is 9.64. The van der Waals surface area contributed by atoms with Crippen LogP contribution in [0.15, 0.2) is 44.9 Å². The fourth-order valence-electron chi connectivity index (χ4n) is 2.79. The van der Waals surface area contributed by atoms with Gasteiger partial charge in [0.05, 0.1) is 18.9 Å². The predicted octanol–water partition coefficient (Wildman–Crippen LogP) is 1.97. The van der Waals surface area contributed by atoms with Crippen molar-refractivity contribution < 1.29 is 19.7 Å². The number of aliphatic hydroxyl groups excluding tert-OH is 1. The molecule has 0 unspecified atom stereocenters. The zero-order chi connectivity index (χ0) is 22.7. The molecule has 1 aromatic heterocycles. The van der Waals surface area contributed by atoms with Gasteiger partial charge < -0.3 is 19.7 Å². The maximum absolute atomic E-state index is 12.4. The van der Waals surface area contributed by atoms with Crippen LogP contribution in [-0.2, 0) is 9.47 Å². The SMILES string of the molecule is CCCCOC[C@@](CO)(N=Cc1c(O)n(-c2ccccc2)c(=O)[nH]c1=O)OCCCC. The fraction of sp³-hybridized carbons (Fsp3) is 0.500. The second-order valence-corrected chi connectivity index (χ2v) is 7.14. The van der Waals surface area contributed by atoms with Crippen LogP contribution in [0.5, 0.6) is 5.88 Å². The van der Waals surface area contributed by atoms with E-state index < -0.39 is 29.5 Å². The highest BCUT2D eigenvalue weighted by Crippen LogP contribution is 2.18. The molecule has 31 heavy (non-hydrogen) atoms. The second-order valence-electron chi connectivity index (χ2n) is 7.14. The van der Waals surface area contributed by atoms with Gasteiger partial charge in [-0.3, -0.25) is 14.8 Å². The molecule has 0 saturated heterocycles. The topological polar surface area (TPSA) is 126 Å². The largest absolute Gasteiger partial charge is 0.493 e. The lowest BCUT2D eigenvalue weighted by Gasteiger charge is -2.28. The number of aromatic amines is 1. The number of H-pyrrole nitrogens is 1. The van der Waals surface area contributed by atoms with E-state index in [2.05, 4.69) is 9.98 Å². The van der Waals surface area contributed by atoms with E-state index >= 15 is 0 Å². The molecule has 1 heterocycles. The number of nitrogens with zero attached hydrogens (tertiary/aromatic N) is 2. The zero-order valence-electron chi connectivity index (χ0n) is 18.0. The standard InChI is InChI=1S/C22H31N3O6/c1-3-5-12-30-16-22(15-26,31-13-6-4-2)23-14-18-19(27)24-21(29)25(20(18)28)17-10-8-7-9-11-17/h7-11,14,26,28H,3-6,12-13,15-16H2,1-2H3,(H,24,27,29)/t22-/m0/s1. The molecule has 0 aliphatic rings.